The van der Waals surface area contributed by atoms with Gasteiger partial charge in [0.15, 0.2) is 5.75 Å². The average molecular weight is 553 g/mol. The van der Waals surface area contributed by atoms with Crippen molar-refractivity contribution in [3.63, 3.8) is 0 Å². The maximum atomic E-state index is 13.2. The first-order valence-corrected chi connectivity index (χ1v) is 12.8. The number of fused-ring (bicyclic) bond motifs is 1. The number of ether oxygens (including phenoxy) is 2. The zero-order chi connectivity index (χ0) is 28.6. The van der Waals surface area contributed by atoms with Crippen LogP contribution in [0.2, 0.25) is 0 Å². The molecule has 1 fully saturated rings. The first kappa shape index (κ1) is 25.9. The summed E-state index contributed by atoms with van der Waals surface area (Å²) in [5, 5.41) is 9.75. The second-order valence-corrected chi connectivity index (χ2v) is 9.68. The molecule has 5 aromatic rings. The molecule has 0 atom stereocenters. The molecule has 11 heteroatoms. The Morgan fingerprint density at radius 1 is 0.902 bits per heavy atom. The number of pyridine rings is 2. The van der Waals surface area contributed by atoms with E-state index < -0.39 is 23.0 Å². The molecule has 0 aliphatic heterocycles. The topological polar surface area (TPSA) is 120 Å². The number of hydrogen-bond acceptors (Lipinski definition) is 7. The van der Waals surface area contributed by atoms with Crippen molar-refractivity contribution in [2.45, 2.75) is 12.8 Å². The Kier molecular flexibility index (Phi) is 6.54. The smallest absolute Gasteiger partial charge is 0.240 e. The standard InChI is InChI=1S/C30H25FN6O4/c1-37-23(11-16-33-37)27-25(40-2)17-22-26(36-27)24(12-15-32-22)41-21-9-7-20(8-10-21)35-29(39)30(13-14-30)28(38)34-19-5-3-18(31)4-6-19/h3-12,15-17H,13-14H2,1-2H3,(H,34,38)(H,35,39). The van der Waals surface area contributed by atoms with Crippen molar-refractivity contribution in [2.24, 2.45) is 12.5 Å². The van der Waals surface area contributed by atoms with Crippen LogP contribution in [-0.4, -0.2) is 38.7 Å². The van der Waals surface area contributed by atoms with E-state index in [0.29, 0.717) is 58.2 Å². The van der Waals surface area contributed by atoms with E-state index in [-0.39, 0.29) is 0 Å². The molecule has 3 aromatic heterocycles. The van der Waals surface area contributed by atoms with Gasteiger partial charge in [0.25, 0.3) is 0 Å². The lowest BCUT2D eigenvalue weighted by atomic mass is 10.0. The lowest BCUT2D eigenvalue weighted by molar-refractivity contribution is -0.131. The van der Waals surface area contributed by atoms with E-state index in [1.54, 1.807) is 60.6 Å². The van der Waals surface area contributed by atoms with Crippen LogP contribution in [0.1, 0.15) is 12.8 Å². The van der Waals surface area contributed by atoms with Crippen LogP contribution in [0.4, 0.5) is 15.8 Å². The fraction of sp³-hybridized carbons (Fsp3) is 0.167. The Bertz CT molecular complexity index is 1760. The number of halogens is 1. The molecule has 6 rings (SSSR count). The van der Waals surface area contributed by atoms with Crippen LogP contribution in [0.3, 0.4) is 0 Å². The fourth-order valence-corrected chi connectivity index (χ4v) is 4.51. The Morgan fingerprint density at radius 3 is 2.15 bits per heavy atom. The number of nitrogens with zero attached hydrogens (tertiary/aromatic N) is 4. The zero-order valence-corrected chi connectivity index (χ0v) is 22.2. The van der Waals surface area contributed by atoms with Crippen LogP contribution in [-0.2, 0) is 16.6 Å². The number of anilines is 2. The van der Waals surface area contributed by atoms with Crippen molar-refractivity contribution in [3.8, 4) is 28.6 Å². The first-order valence-electron chi connectivity index (χ1n) is 12.8. The largest absolute Gasteiger partial charge is 0.494 e. The monoisotopic (exact) mass is 552 g/mol. The van der Waals surface area contributed by atoms with Crippen LogP contribution in [0.25, 0.3) is 22.4 Å². The summed E-state index contributed by atoms with van der Waals surface area (Å²) in [5.41, 5.74) is 2.32. The third-order valence-electron chi connectivity index (χ3n) is 6.99. The summed E-state index contributed by atoms with van der Waals surface area (Å²) in [6.45, 7) is 0. The molecule has 10 nitrogen and oxygen atoms in total. The third kappa shape index (κ3) is 5.05. The van der Waals surface area contributed by atoms with E-state index in [0.717, 1.165) is 5.69 Å². The Hall–Kier alpha value is -5.32. The molecule has 0 unspecified atom stereocenters. The van der Waals surface area contributed by atoms with Crippen molar-refractivity contribution in [2.75, 3.05) is 17.7 Å². The van der Waals surface area contributed by atoms with Crippen LogP contribution in [0, 0.1) is 11.2 Å². The normalized spacial score (nSPS) is 13.4. The predicted octanol–water partition coefficient (Wildman–Crippen LogP) is 5.33. The molecular formula is C30H25FN6O4. The van der Waals surface area contributed by atoms with E-state index in [9.17, 15) is 14.0 Å². The number of benzene rings is 2. The first-order chi connectivity index (χ1) is 19.9. The number of aromatic nitrogens is 4. The summed E-state index contributed by atoms with van der Waals surface area (Å²) in [6, 6.07) is 17.6. The lowest BCUT2D eigenvalue weighted by Crippen LogP contribution is -2.35. The number of amides is 2. The van der Waals surface area contributed by atoms with Crippen LogP contribution in [0.5, 0.6) is 17.2 Å². The highest BCUT2D eigenvalue weighted by atomic mass is 19.1. The molecule has 1 saturated carbocycles. The maximum Gasteiger partial charge on any atom is 0.240 e. The number of carbonyl (C=O) groups is 2. The van der Waals surface area contributed by atoms with Gasteiger partial charge in [-0.15, -0.1) is 0 Å². The molecule has 2 N–H and O–H groups in total. The predicted molar refractivity (Wildman–Crippen MR) is 150 cm³/mol. The average Bonchev–Trinajstić information content (AvgIpc) is 3.70. The molecule has 206 valence electrons. The molecule has 2 amide bonds. The summed E-state index contributed by atoms with van der Waals surface area (Å²) in [5.74, 6) is 0.355. The summed E-state index contributed by atoms with van der Waals surface area (Å²) in [4.78, 5) is 35.1. The second-order valence-electron chi connectivity index (χ2n) is 9.68. The minimum atomic E-state index is -1.15. The van der Waals surface area contributed by atoms with Crippen molar-refractivity contribution < 1.29 is 23.5 Å². The number of rotatable bonds is 8. The van der Waals surface area contributed by atoms with Gasteiger partial charge in [-0.05, 0) is 67.4 Å². The highest BCUT2D eigenvalue weighted by Gasteiger charge is 2.56. The number of methoxy groups -OCH3 is 1. The second kappa shape index (κ2) is 10.3. The zero-order valence-electron chi connectivity index (χ0n) is 22.2. The SMILES string of the molecule is COc1cc2nccc(Oc3ccc(NC(=O)C4(C(=O)Nc5ccc(F)cc5)CC4)cc3)c2nc1-c1ccnn1C. The Balaban J connectivity index is 1.18. The molecule has 41 heavy (non-hydrogen) atoms. The van der Waals surface area contributed by atoms with Gasteiger partial charge < -0.3 is 20.1 Å². The van der Waals surface area contributed by atoms with Gasteiger partial charge in [0.05, 0.1) is 18.3 Å². The number of aryl methyl sites for hydroxylation is 1. The van der Waals surface area contributed by atoms with E-state index in [1.807, 2.05) is 13.1 Å². The number of hydrogen-bond donors (Lipinski definition) is 2. The van der Waals surface area contributed by atoms with Crippen molar-refractivity contribution in [1.82, 2.24) is 19.7 Å². The molecule has 1 aliphatic carbocycles. The molecule has 1 aliphatic rings. The highest BCUT2D eigenvalue weighted by molar-refractivity contribution is 6.16. The minimum Gasteiger partial charge on any atom is -0.494 e. The van der Waals surface area contributed by atoms with Crippen LogP contribution >= 0.6 is 0 Å². The molecular weight excluding hydrogens is 527 g/mol. The fourth-order valence-electron chi connectivity index (χ4n) is 4.51. The van der Waals surface area contributed by atoms with E-state index >= 15 is 0 Å². The summed E-state index contributed by atoms with van der Waals surface area (Å²) in [6.07, 6.45) is 4.18. The van der Waals surface area contributed by atoms with Gasteiger partial charge in [-0.25, -0.2) is 9.37 Å². The van der Waals surface area contributed by atoms with Crippen LogP contribution < -0.4 is 20.1 Å². The molecule has 0 spiro atoms. The van der Waals surface area contributed by atoms with E-state index in [2.05, 4.69) is 20.7 Å². The molecule has 0 bridgehead atoms. The number of nitrogens with one attached hydrogen (secondary N) is 2. The summed E-state index contributed by atoms with van der Waals surface area (Å²) < 4.78 is 26.6. The van der Waals surface area contributed by atoms with Gasteiger partial charge in [-0.2, -0.15) is 5.10 Å². The van der Waals surface area contributed by atoms with Gasteiger partial charge in [-0.3, -0.25) is 19.3 Å². The van der Waals surface area contributed by atoms with Crippen molar-refractivity contribution in [3.05, 3.63) is 84.9 Å². The Labute approximate surface area is 234 Å². The summed E-state index contributed by atoms with van der Waals surface area (Å²) in [7, 11) is 3.40. The van der Waals surface area contributed by atoms with Gasteiger partial charge in [0.1, 0.15) is 33.9 Å². The number of carbonyl (C=O) groups excluding carboxylic acids is 2. The van der Waals surface area contributed by atoms with Gasteiger partial charge >= 0.3 is 0 Å². The minimum absolute atomic E-state index is 0.397. The van der Waals surface area contributed by atoms with E-state index in [1.165, 1.54) is 24.3 Å². The maximum absolute atomic E-state index is 13.2. The molecule has 0 radical (unpaired) electrons. The molecule has 2 aromatic carbocycles. The van der Waals surface area contributed by atoms with Gasteiger partial charge in [0.2, 0.25) is 11.8 Å². The van der Waals surface area contributed by atoms with Crippen LogP contribution in [0.15, 0.2) is 79.1 Å². The van der Waals surface area contributed by atoms with E-state index in [4.69, 9.17) is 14.5 Å². The molecule has 3 heterocycles. The third-order valence-corrected chi connectivity index (χ3v) is 6.99. The lowest BCUT2D eigenvalue weighted by Gasteiger charge is -2.16. The van der Waals surface area contributed by atoms with Crippen molar-refractivity contribution >= 4 is 34.2 Å². The molecule has 0 saturated heterocycles. The highest BCUT2D eigenvalue weighted by Crippen LogP contribution is 2.47. The summed E-state index contributed by atoms with van der Waals surface area (Å²) >= 11 is 0. The van der Waals surface area contributed by atoms with Gasteiger partial charge in [0, 0.05) is 42.9 Å². The van der Waals surface area contributed by atoms with Gasteiger partial charge in [-0.1, -0.05) is 0 Å². The quantitative estimate of drug-likeness (QED) is 0.250. The van der Waals surface area contributed by atoms with Crippen molar-refractivity contribution in [1.29, 1.82) is 0 Å². The Morgan fingerprint density at radius 2 is 1.56 bits per heavy atom.